The lowest BCUT2D eigenvalue weighted by molar-refractivity contribution is -0.982. The van der Waals surface area contributed by atoms with E-state index in [2.05, 4.69) is 11.6 Å². The number of nitrogens with two attached hydrogens (primary N) is 1. The minimum absolute atomic E-state index is 0.0158. The highest BCUT2D eigenvalue weighted by Gasteiger charge is 2.53. The molecule has 3 aliphatic rings. The normalized spacial score (nSPS) is 26.8. The maximum atomic E-state index is 13.6. The number of nitrogens with zero attached hydrogens (tertiary/aromatic N) is 2. The molecule has 3 aromatic rings. The first kappa shape index (κ1) is 25.7. The minimum atomic E-state index is -4.89. The summed E-state index contributed by atoms with van der Waals surface area (Å²) in [5.41, 5.74) is 6.03. The number of quaternary nitrogens is 1. The van der Waals surface area contributed by atoms with Crippen LogP contribution in [0.4, 0.5) is 26.3 Å². The van der Waals surface area contributed by atoms with Gasteiger partial charge in [-0.1, -0.05) is 24.3 Å². The van der Waals surface area contributed by atoms with Crippen LogP contribution < -0.4 is 5.73 Å². The van der Waals surface area contributed by atoms with Gasteiger partial charge in [-0.2, -0.15) is 26.3 Å². The molecular formula is C28H28F6N3+. The molecule has 9 heteroatoms. The van der Waals surface area contributed by atoms with Crippen LogP contribution in [0.15, 0.2) is 67.4 Å². The number of pyridine rings is 1. The van der Waals surface area contributed by atoms with Crippen molar-refractivity contribution in [3.05, 3.63) is 89.6 Å². The van der Waals surface area contributed by atoms with Crippen molar-refractivity contribution in [3.63, 3.8) is 0 Å². The van der Waals surface area contributed by atoms with E-state index in [0.29, 0.717) is 23.5 Å². The summed E-state index contributed by atoms with van der Waals surface area (Å²) in [5.74, 6) is 0.452. The number of fused-ring (bicyclic) bond motifs is 4. The molecule has 0 spiro atoms. The van der Waals surface area contributed by atoms with Crippen LogP contribution in [0, 0.1) is 11.8 Å². The number of piperidine rings is 3. The SMILES string of the molecule is C=C[C@H]1C[N@+]2(Cc3cc(C(F)(F)F)cc(C(F)(F)F)c3)CC[C@H]1C[C@H]2[C@@H](N)c1ccnc2ccccc12. The molecule has 3 aliphatic heterocycles. The summed E-state index contributed by atoms with van der Waals surface area (Å²) in [6.07, 6.45) is -4.68. The molecule has 0 amide bonds. The highest BCUT2D eigenvalue weighted by molar-refractivity contribution is 5.82. The second-order valence-corrected chi connectivity index (χ2v) is 10.4. The number of alkyl halides is 6. The largest absolute Gasteiger partial charge is 0.416 e. The molecule has 3 nitrogen and oxygen atoms in total. The maximum absolute atomic E-state index is 13.6. The van der Waals surface area contributed by atoms with E-state index in [1.54, 1.807) is 6.20 Å². The Bertz CT molecular complexity index is 1280. The zero-order valence-electron chi connectivity index (χ0n) is 20.1. The quantitative estimate of drug-likeness (QED) is 0.226. The lowest BCUT2D eigenvalue weighted by Gasteiger charge is -2.58. The fourth-order valence-corrected chi connectivity index (χ4v) is 6.53. The Kier molecular flexibility index (Phi) is 6.35. The molecular weight excluding hydrogens is 492 g/mol. The average Bonchev–Trinajstić information content (AvgIpc) is 2.86. The van der Waals surface area contributed by atoms with Crippen molar-refractivity contribution in [1.29, 1.82) is 0 Å². The van der Waals surface area contributed by atoms with Crippen molar-refractivity contribution < 1.29 is 30.8 Å². The Hall–Kier alpha value is -2.91. The molecule has 37 heavy (non-hydrogen) atoms. The maximum Gasteiger partial charge on any atom is 0.416 e. The Morgan fingerprint density at radius 3 is 2.35 bits per heavy atom. The van der Waals surface area contributed by atoms with E-state index < -0.39 is 29.5 Å². The van der Waals surface area contributed by atoms with Gasteiger partial charge >= 0.3 is 12.4 Å². The second kappa shape index (κ2) is 9.13. The topological polar surface area (TPSA) is 38.9 Å². The van der Waals surface area contributed by atoms with Crippen LogP contribution in [0.1, 0.15) is 41.1 Å². The van der Waals surface area contributed by atoms with E-state index >= 15 is 0 Å². The summed E-state index contributed by atoms with van der Waals surface area (Å²) in [4.78, 5) is 4.41. The number of benzene rings is 2. The van der Waals surface area contributed by atoms with Crippen LogP contribution in [0.25, 0.3) is 10.9 Å². The third kappa shape index (κ3) is 4.75. The Morgan fingerprint density at radius 2 is 1.70 bits per heavy atom. The zero-order chi connectivity index (χ0) is 26.6. The molecule has 6 rings (SSSR count). The van der Waals surface area contributed by atoms with Crippen LogP contribution in [0.3, 0.4) is 0 Å². The van der Waals surface area contributed by atoms with Gasteiger partial charge in [-0.15, -0.1) is 6.58 Å². The average molecular weight is 521 g/mol. The molecule has 2 N–H and O–H groups in total. The van der Waals surface area contributed by atoms with Crippen LogP contribution in [0.5, 0.6) is 0 Å². The van der Waals surface area contributed by atoms with Crippen molar-refractivity contribution >= 4 is 10.9 Å². The third-order valence-electron chi connectivity index (χ3n) is 8.28. The highest BCUT2D eigenvalue weighted by atomic mass is 19.4. The predicted octanol–water partition coefficient (Wildman–Crippen LogP) is 6.88. The van der Waals surface area contributed by atoms with Gasteiger partial charge in [0, 0.05) is 35.9 Å². The summed E-state index contributed by atoms with van der Waals surface area (Å²) in [7, 11) is 0. The standard InChI is InChI=1S/C28H28F6N3/c1-2-18-16-37(15-17-11-20(27(29,30)31)14-21(12-17)28(32,33)34)10-8-19(18)13-25(37)26(35)23-7-9-36-24-6-4-3-5-22(23)24/h2-7,9,11-12,14,18-19,25-26H,1,8,10,13,15-16,35H2/q+1/t18-,19-,25-,26-,37+/m0/s1. The molecule has 0 unspecified atom stereocenters. The van der Waals surface area contributed by atoms with Crippen molar-refractivity contribution in [2.75, 3.05) is 13.1 Å². The van der Waals surface area contributed by atoms with Gasteiger partial charge in [0.2, 0.25) is 0 Å². The van der Waals surface area contributed by atoms with Gasteiger partial charge in [0.15, 0.2) is 0 Å². The van der Waals surface area contributed by atoms with Gasteiger partial charge in [0.1, 0.15) is 12.6 Å². The number of hydrogen-bond acceptors (Lipinski definition) is 2. The van der Waals surface area contributed by atoms with Crippen molar-refractivity contribution in [1.82, 2.24) is 4.98 Å². The lowest BCUT2D eigenvalue weighted by Crippen LogP contribution is -2.68. The first-order valence-corrected chi connectivity index (χ1v) is 12.3. The number of rotatable bonds is 5. The van der Waals surface area contributed by atoms with Gasteiger partial charge in [-0.3, -0.25) is 4.98 Å². The number of para-hydroxylation sites is 1. The Balaban J connectivity index is 1.59. The summed E-state index contributed by atoms with van der Waals surface area (Å²) >= 11 is 0. The Labute approximate surface area is 211 Å². The van der Waals surface area contributed by atoms with E-state index in [1.165, 1.54) is 0 Å². The molecule has 2 bridgehead atoms. The molecule has 0 radical (unpaired) electrons. The monoisotopic (exact) mass is 520 g/mol. The van der Waals surface area contributed by atoms with E-state index in [1.807, 2.05) is 36.4 Å². The second-order valence-electron chi connectivity index (χ2n) is 10.4. The third-order valence-corrected chi connectivity index (χ3v) is 8.28. The molecule has 3 fully saturated rings. The predicted molar refractivity (Wildman–Crippen MR) is 129 cm³/mol. The van der Waals surface area contributed by atoms with E-state index in [-0.39, 0.29) is 30.1 Å². The van der Waals surface area contributed by atoms with Crippen molar-refractivity contribution in [2.24, 2.45) is 17.6 Å². The molecule has 0 aliphatic carbocycles. The smallest absolute Gasteiger partial charge is 0.319 e. The Morgan fingerprint density at radius 1 is 1.03 bits per heavy atom. The van der Waals surface area contributed by atoms with Crippen molar-refractivity contribution in [3.8, 4) is 0 Å². The fraction of sp³-hybridized carbons (Fsp3) is 0.393. The molecule has 196 valence electrons. The number of hydrogen-bond donors (Lipinski definition) is 1. The molecule has 3 saturated heterocycles. The molecule has 1 aromatic heterocycles. The van der Waals surface area contributed by atoms with E-state index in [4.69, 9.17) is 5.73 Å². The first-order valence-electron chi connectivity index (χ1n) is 12.3. The van der Waals surface area contributed by atoms with Crippen molar-refractivity contribution in [2.45, 2.75) is 43.8 Å². The molecule has 4 heterocycles. The van der Waals surface area contributed by atoms with Gasteiger partial charge in [0.25, 0.3) is 0 Å². The molecule has 2 aromatic carbocycles. The summed E-state index contributed by atoms with van der Waals surface area (Å²) in [6, 6.07) is 10.7. The summed E-state index contributed by atoms with van der Waals surface area (Å²) < 4.78 is 81.8. The lowest BCUT2D eigenvalue weighted by atomic mass is 9.70. The van der Waals surface area contributed by atoms with Crippen LogP contribution in [-0.4, -0.2) is 28.6 Å². The highest BCUT2D eigenvalue weighted by Crippen LogP contribution is 2.48. The summed E-state index contributed by atoms with van der Waals surface area (Å²) in [6.45, 7) is 5.20. The fourth-order valence-electron chi connectivity index (χ4n) is 6.53. The van der Waals surface area contributed by atoms with Gasteiger partial charge < -0.3 is 10.2 Å². The van der Waals surface area contributed by atoms with Gasteiger partial charge in [0.05, 0.1) is 35.8 Å². The van der Waals surface area contributed by atoms with Gasteiger partial charge in [-0.25, -0.2) is 0 Å². The molecule has 5 atom stereocenters. The minimum Gasteiger partial charge on any atom is -0.319 e. The summed E-state index contributed by atoms with van der Waals surface area (Å²) in [5, 5.41) is 0.900. The number of halogens is 6. The van der Waals surface area contributed by atoms with Crippen LogP contribution >= 0.6 is 0 Å². The van der Waals surface area contributed by atoms with Crippen LogP contribution in [0.2, 0.25) is 0 Å². The molecule has 0 saturated carbocycles. The first-order chi connectivity index (χ1) is 17.4. The van der Waals surface area contributed by atoms with E-state index in [9.17, 15) is 26.3 Å². The zero-order valence-corrected chi connectivity index (χ0v) is 20.1. The van der Waals surface area contributed by atoms with Crippen LogP contribution in [-0.2, 0) is 18.9 Å². The van der Waals surface area contributed by atoms with E-state index in [0.717, 1.165) is 41.4 Å². The van der Waals surface area contributed by atoms with Gasteiger partial charge in [-0.05, 0) is 41.8 Å². The number of aromatic nitrogens is 1.